The SMILES string of the molecule is CC/C=C/CCCCCCCC/C=C/C=O. The predicted molar refractivity (Wildman–Crippen MR) is 71.6 cm³/mol. The van der Waals surface area contributed by atoms with E-state index in [1.54, 1.807) is 6.08 Å². The van der Waals surface area contributed by atoms with Crippen molar-refractivity contribution in [3.63, 3.8) is 0 Å². The fourth-order valence-corrected chi connectivity index (χ4v) is 1.67. The Labute approximate surface area is 101 Å². The summed E-state index contributed by atoms with van der Waals surface area (Å²) >= 11 is 0. The molecule has 0 aliphatic heterocycles. The molecule has 0 radical (unpaired) electrons. The summed E-state index contributed by atoms with van der Waals surface area (Å²) in [5.74, 6) is 0. The average molecular weight is 222 g/mol. The summed E-state index contributed by atoms with van der Waals surface area (Å²) in [5.41, 5.74) is 0. The van der Waals surface area contributed by atoms with E-state index in [0.717, 1.165) is 19.1 Å². The highest BCUT2D eigenvalue weighted by Crippen LogP contribution is 2.09. The zero-order chi connectivity index (χ0) is 11.9. The van der Waals surface area contributed by atoms with Gasteiger partial charge in [0.15, 0.2) is 0 Å². The van der Waals surface area contributed by atoms with Gasteiger partial charge in [-0.25, -0.2) is 0 Å². The first-order valence-corrected chi connectivity index (χ1v) is 6.67. The first-order valence-electron chi connectivity index (χ1n) is 6.67. The maximum atomic E-state index is 9.99. The maximum Gasteiger partial charge on any atom is 0.142 e. The van der Waals surface area contributed by atoms with Crippen LogP contribution in [0.2, 0.25) is 0 Å². The highest BCUT2D eigenvalue weighted by Gasteiger charge is 1.89. The molecule has 0 amide bonds. The number of allylic oxidation sites excluding steroid dienone is 4. The fraction of sp³-hybridized carbons (Fsp3) is 0.667. The van der Waals surface area contributed by atoms with Crippen LogP contribution in [0.4, 0.5) is 0 Å². The van der Waals surface area contributed by atoms with Gasteiger partial charge in [0.2, 0.25) is 0 Å². The Morgan fingerprint density at radius 3 is 1.88 bits per heavy atom. The van der Waals surface area contributed by atoms with E-state index >= 15 is 0 Å². The van der Waals surface area contributed by atoms with Crippen molar-refractivity contribution in [1.29, 1.82) is 0 Å². The van der Waals surface area contributed by atoms with Crippen molar-refractivity contribution in [1.82, 2.24) is 0 Å². The minimum absolute atomic E-state index is 0.851. The molecule has 1 nitrogen and oxygen atoms in total. The fourth-order valence-electron chi connectivity index (χ4n) is 1.67. The third-order valence-electron chi connectivity index (χ3n) is 2.61. The van der Waals surface area contributed by atoms with Crippen molar-refractivity contribution in [3.05, 3.63) is 24.3 Å². The Morgan fingerprint density at radius 1 is 0.750 bits per heavy atom. The topological polar surface area (TPSA) is 17.1 Å². The number of hydrogen-bond donors (Lipinski definition) is 0. The first kappa shape index (κ1) is 15.2. The van der Waals surface area contributed by atoms with E-state index in [2.05, 4.69) is 19.1 Å². The molecule has 0 bridgehead atoms. The van der Waals surface area contributed by atoms with E-state index in [4.69, 9.17) is 0 Å². The van der Waals surface area contributed by atoms with Crippen LogP contribution in [0.5, 0.6) is 0 Å². The van der Waals surface area contributed by atoms with Gasteiger partial charge in [0.1, 0.15) is 6.29 Å². The Morgan fingerprint density at radius 2 is 1.31 bits per heavy atom. The van der Waals surface area contributed by atoms with E-state index in [1.807, 2.05) is 6.08 Å². The molecule has 0 heterocycles. The van der Waals surface area contributed by atoms with Gasteiger partial charge < -0.3 is 0 Å². The molecule has 92 valence electrons. The van der Waals surface area contributed by atoms with Gasteiger partial charge in [-0.15, -0.1) is 0 Å². The molecule has 0 aliphatic rings. The molecular weight excluding hydrogens is 196 g/mol. The lowest BCUT2D eigenvalue weighted by Crippen LogP contribution is -1.79. The number of rotatable bonds is 11. The zero-order valence-electron chi connectivity index (χ0n) is 10.7. The summed E-state index contributed by atoms with van der Waals surface area (Å²) in [6.07, 6.45) is 20.3. The van der Waals surface area contributed by atoms with Crippen molar-refractivity contribution in [3.8, 4) is 0 Å². The van der Waals surface area contributed by atoms with Crippen LogP contribution >= 0.6 is 0 Å². The summed E-state index contributed by atoms with van der Waals surface area (Å²) in [6.45, 7) is 2.18. The number of hydrogen-bond acceptors (Lipinski definition) is 1. The highest BCUT2D eigenvalue weighted by atomic mass is 16.1. The van der Waals surface area contributed by atoms with Crippen LogP contribution < -0.4 is 0 Å². The molecule has 1 heteroatoms. The van der Waals surface area contributed by atoms with Crippen LogP contribution in [-0.4, -0.2) is 6.29 Å². The van der Waals surface area contributed by atoms with Crippen molar-refractivity contribution < 1.29 is 4.79 Å². The second kappa shape index (κ2) is 14.2. The van der Waals surface area contributed by atoms with Crippen molar-refractivity contribution in [2.45, 2.75) is 64.7 Å². The van der Waals surface area contributed by atoms with E-state index in [0.29, 0.717) is 0 Å². The minimum atomic E-state index is 0.851. The Balaban J connectivity index is 3.01. The van der Waals surface area contributed by atoms with Gasteiger partial charge in [0.05, 0.1) is 0 Å². The predicted octanol–water partition coefficient (Wildman–Crippen LogP) is 4.83. The van der Waals surface area contributed by atoms with Gasteiger partial charge in [-0.3, -0.25) is 4.79 Å². The minimum Gasteiger partial charge on any atom is -0.299 e. The van der Waals surface area contributed by atoms with E-state index in [9.17, 15) is 4.79 Å². The Bertz CT molecular complexity index is 192. The number of unbranched alkanes of at least 4 members (excludes halogenated alkanes) is 7. The van der Waals surface area contributed by atoms with Gasteiger partial charge in [0, 0.05) is 0 Å². The average Bonchev–Trinajstić information content (AvgIpc) is 2.31. The second-order valence-corrected chi connectivity index (χ2v) is 4.14. The molecule has 0 aromatic heterocycles. The molecule has 0 spiro atoms. The molecule has 0 aromatic carbocycles. The first-order chi connectivity index (χ1) is 7.91. The van der Waals surface area contributed by atoms with Crippen molar-refractivity contribution in [2.75, 3.05) is 0 Å². The van der Waals surface area contributed by atoms with Gasteiger partial charge >= 0.3 is 0 Å². The molecule has 0 aromatic rings. The van der Waals surface area contributed by atoms with E-state index in [-0.39, 0.29) is 0 Å². The molecule has 0 saturated carbocycles. The van der Waals surface area contributed by atoms with Gasteiger partial charge in [-0.1, -0.05) is 50.8 Å². The number of aldehydes is 1. The van der Waals surface area contributed by atoms with Gasteiger partial charge in [-0.2, -0.15) is 0 Å². The zero-order valence-corrected chi connectivity index (χ0v) is 10.7. The summed E-state index contributed by atoms with van der Waals surface area (Å²) in [4.78, 5) is 9.99. The van der Waals surface area contributed by atoms with Crippen LogP contribution in [0.1, 0.15) is 64.7 Å². The molecule has 0 unspecified atom stereocenters. The van der Waals surface area contributed by atoms with Gasteiger partial charge in [-0.05, 0) is 38.2 Å². The lowest BCUT2D eigenvalue weighted by atomic mass is 10.1. The van der Waals surface area contributed by atoms with Crippen LogP contribution in [0, 0.1) is 0 Å². The number of carbonyl (C=O) groups excluding carboxylic acids is 1. The van der Waals surface area contributed by atoms with E-state index < -0.39 is 0 Å². The normalized spacial score (nSPS) is 11.6. The van der Waals surface area contributed by atoms with E-state index in [1.165, 1.54) is 44.9 Å². The molecule has 0 saturated heterocycles. The van der Waals surface area contributed by atoms with Crippen LogP contribution in [-0.2, 0) is 4.79 Å². The third kappa shape index (κ3) is 13.2. The Kier molecular flexibility index (Phi) is 13.4. The lowest BCUT2D eigenvalue weighted by Gasteiger charge is -1.99. The quantitative estimate of drug-likeness (QED) is 0.212. The molecule has 0 atom stereocenters. The third-order valence-corrected chi connectivity index (χ3v) is 2.61. The summed E-state index contributed by atoms with van der Waals surface area (Å²) in [6, 6.07) is 0. The second-order valence-electron chi connectivity index (χ2n) is 4.14. The summed E-state index contributed by atoms with van der Waals surface area (Å²) in [5, 5.41) is 0. The molecule has 16 heavy (non-hydrogen) atoms. The molecule has 0 N–H and O–H groups in total. The summed E-state index contributed by atoms with van der Waals surface area (Å²) < 4.78 is 0. The maximum absolute atomic E-state index is 9.99. The van der Waals surface area contributed by atoms with Crippen molar-refractivity contribution in [2.24, 2.45) is 0 Å². The van der Waals surface area contributed by atoms with Crippen LogP contribution in [0.15, 0.2) is 24.3 Å². The van der Waals surface area contributed by atoms with Crippen LogP contribution in [0.25, 0.3) is 0 Å². The lowest BCUT2D eigenvalue weighted by molar-refractivity contribution is -0.104. The number of carbonyl (C=O) groups is 1. The highest BCUT2D eigenvalue weighted by molar-refractivity contribution is 5.64. The smallest absolute Gasteiger partial charge is 0.142 e. The monoisotopic (exact) mass is 222 g/mol. The standard InChI is InChI=1S/C15H26O/c1-2-3-4-5-6-7-8-9-10-11-12-13-14-15-16/h3-4,13-15H,2,5-12H2,1H3/b4-3+,14-13+. The molecule has 0 fully saturated rings. The summed E-state index contributed by atoms with van der Waals surface area (Å²) in [7, 11) is 0. The molecule has 0 aliphatic carbocycles. The molecule has 0 rings (SSSR count). The Hall–Kier alpha value is -0.850. The van der Waals surface area contributed by atoms with Gasteiger partial charge in [0.25, 0.3) is 0 Å². The largest absolute Gasteiger partial charge is 0.299 e. The van der Waals surface area contributed by atoms with Crippen LogP contribution in [0.3, 0.4) is 0 Å². The molecular formula is C15H26O. The van der Waals surface area contributed by atoms with Crippen molar-refractivity contribution >= 4 is 6.29 Å².